The second-order valence-corrected chi connectivity index (χ2v) is 6.95. The van der Waals surface area contributed by atoms with Crippen molar-refractivity contribution < 1.29 is 26.7 Å². The lowest BCUT2D eigenvalue weighted by Gasteiger charge is -2.21. The highest BCUT2D eigenvalue weighted by molar-refractivity contribution is 5.71. The van der Waals surface area contributed by atoms with Crippen molar-refractivity contribution in [3.8, 4) is 5.75 Å². The van der Waals surface area contributed by atoms with Gasteiger partial charge in [-0.15, -0.1) is 0 Å². The Labute approximate surface area is 172 Å². The number of hydrogen-bond donors (Lipinski definition) is 0. The number of allylic oxidation sites excluding steroid dienone is 6. The normalized spacial score (nSPS) is 18.0. The van der Waals surface area contributed by atoms with Crippen molar-refractivity contribution in [3.63, 3.8) is 0 Å². The van der Waals surface area contributed by atoms with Gasteiger partial charge in [-0.25, -0.2) is 9.37 Å². The lowest BCUT2D eigenvalue weighted by Crippen LogP contribution is -2.14. The quantitative estimate of drug-likeness (QED) is 0.368. The van der Waals surface area contributed by atoms with Gasteiger partial charge in [0.1, 0.15) is 11.6 Å². The molecule has 0 fully saturated rings. The van der Waals surface area contributed by atoms with Crippen molar-refractivity contribution in [2.75, 3.05) is 0 Å². The molecule has 0 amide bonds. The van der Waals surface area contributed by atoms with Gasteiger partial charge in [0.05, 0.1) is 11.3 Å². The summed E-state index contributed by atoms with van der Waals surface area (Å²) in [5.74, 6) is 0.750. The molecule has 0 radical (unpaired) electrons. The van der Waals surface area contributed by atoms with E-state index in [1.807, 2.05) is 0 Å². The first kappa shape index (κ1) is 21.9. The van der Waals surface area contributed by atoms with Crippen molar-refractivity contribution in [2.24, 2.45) is 0 Å². The first-order chi connectivity index (χ1) is 14.3. The third kappa shape index (κ3) is 5.20. The minimum atomic E-state index is -4.47. The Kier molecular flexibility index (Phi) is 6.80. The van der Waals surface area contributed by atoms with Crippen LogP contribution in [0.1, 0.15) is 56.6 Å². The Morgan fingerprint density at radius 2 is 2.00 bits per heavy atom. The number of aromatic nitrogens is 1. The average Bonchev–Trinajstić information content (AvgIpc) is 3.13. The van der Waals surface area contributed by atoms with Crippen molar-refractivity contribution >= 4 is 5.57 Å². The topological polar surface area (TPSA) is 35.3 Å². The molecule has 30 heavy (non-hydrogen) atoms. The van der Waals surface area contributed by atoms with Crippen LogP contribution < -0.4 is 4.74 Å². The van der Waals surface area contributed by atoms with Gasteiger partial charge in [-0.05, 0) is 62.9 Å². The fourth-order valence-electron chi connectivity index (χ4n) is 3.30. The number of benzene rings is 1. The molecule has 160 valence electrons. The van der Waals surface area contributed by atoms with Crippen molar-refractivity contribution in [2.45, 2.75) is 51.8 Å². The number of oxazole rings is 1. The van der Waals surface area contributed by atoms with Crippen LogP contribution in [0.5, 0.6) is 5.75 Å². The summed E-state index contributed by atoms with van der Waals surface area (Å²) >= 11 is 0. The molecule has 0 N–H and O–H groups in total. The molecule has 0 bridgehead atoms. The largest absolute Gasteiger partial charge is 0.482 e. The van der Waals surface area contributed by atoms with E-state index in [1.54, 1.807) is 26.0 Å². The van der Waals surface area contributed by atoms with Gasteiger partial charge < -0.3 is 9.15 Å². The first-order valence-corrected chi connectivity index (χ1v) is 9.85. The molecule has 0 saturated heterocycles. The zero-order chi connectivity index (χ0) is 21.7. The number of rotatable bonds is 6. The predicted octanol–water partition coefficient (Wildman–Crippen LogP) is 7.13. The fraction of sp³-hybridized carbons (Fsp3) is 0.348. The van der Waals surface area contributed by atoms with E-state index in [2.05, 4.69) is 4.98 Å². The maximum Gasteiger partial charge on any atom is 0.416 e. The number of hydrogen-bond acceptors (Lipinski definition) is 3. The van der Waals surface area contributed by atoms with Gasteiger partial charge in [0.25, 0.3) is 0 Å². The minimum absolute atomic E-state index is 0.124. The number of alkyl halides is 3. The van der Waals surface area contributed by atoms with E-state index in [1.165, 1.54) is 24.3 Å². The van der Waals surface area contributed by atoms with E-state index in [9.17, 15) is 17.6 Å². The van der Waals surface area contributed by atoms with Gasteiger partial charge >= 0.3 is 6.18 Å². The summed E-state index contributed by atoms with van der Waals surface area (Å²) in [5.41, 5.74) is 0.171. The average molecular weight is 421 g/mol. The zero-order valence-electron chi connectivity index (χ0n) is 16.8. The smallest absolute Gasteiger partial charge is 0.416 e. The molecule has 0 aliphatic heterocycles. The standard InChI is InChI=1S/C23H23F4NO2/c1-3-6-15(14-16(7-4-2)23(25,26)27)22-28-19-8-5-9-20(21(19)30-22)29-18-12-10-17(24)11-13-18/h3,6-7,10-14,20H,4-5,8-9H2,1-2H3/b6-3-,15-14+,16-7-. The number of fused-ring (bicyclic) bond motifs is 1. The molecule has 3 rings (SSSR count). The molecule has 3 nitrogen and oxygen atoms in total. The Morgan fingerprint density at radius 1 is 1.27 bits per heavy atom. The Morgan fingerprint density at radius 3 is 2.63 bits per heavy atom. The Hall–Kier alpha value is -2.83. The number of halogens is 4. The third-order valence-corrected chi connectivity index (χ3v) is 4.65. The van der Waals surface area contributed by atoms with Crippen LogP contribution in [0.15, 0.2) is 58.6 Å². The maximum absolute atomic E-state index is 13.3. The van der Waals surface area contributed by atoms with Gasteiger partial charge in [0, 0.05) is 5.57 Å². The molecule has 1 atom stereocenters. The van der Waals surface area contributed by atoms with Crippen LogP contribution in [0.3, 0.4) is 0 Å². The van der Waals surface area contributed by atoms with Gasteiger partial charge in [0.15, 0.2) is 11.9 Å². The summed E-state index contributed by atoms with van der Waals surface area (Å²) in [6.45, 7) is 3.37. The second kappa shape index (κ2) is 9.32. The van der Waals surface area contributed by atoms with E-state index < -0.39 is 17.9 Å². The van der Waals surface area contributed by atoms with Crippen molar-refractivity contribution in [1.82, 2.24) is 4.98 Å². The Balaban J connectivity index is 1.95. The van der Waals surface area contributed by atoms with E-state index in [0.29, 0.717) is 30.0 Å². The molecule has 1 aliphatic rings. The number of aryl methyl sites for hydroxylation is 1. The highest BCUT2D eigenvalue weighted by Crippen LogP contribution is 2.37. The van der Waals surface area contributed by atoms with Gasteiger partial charge in [-0.1, -0.05) is 25.2 Å². The van der Waals surface area contributed by atoms with Gasteiger partial charge in [-0.2, -0.15) is 13.2 Å². The van der Waals surface area contributed by atoms with E-state index in [0.717, 1.165) is 18.6 Å². The molecular formula is C23H23F4NO2. The molecule has 1 heterocycles. The molecule has 7 heteroatoms. The summed E-state index contributed by atoms with van der Waals surface area (Å²) in [5, 5.41) is 0. The number of nitrogens with zero attached hydrogens (tertiary/aromatic N) is 1. The highest BCUT2D eigenvalue weighted by Gasteiger charge is 2.33. The SMILES string of the molecule is C\C=C/C(=C\C(=C\CC)C(F)(F)F)c1nc2c(o1)C(Oc1ccc(F)cc1)CCC2. The lowest BCUT2D eigenvalue weighted by atomic mass is 9.99. The lowest BCUT2D eigenvalue weighted by molar-refractivity contribution is -0.0883. The summed E-state index contributed by atoms with van der Waals surface area (Å²) < 4.78 is 65.0. The zero-order valence-corrected chi connectivity index (χ0v) is 16.8. The minimum Gasteiger partial charge on any atom is -0.482 e. The van der Waals surface area contributed by atoms with Gasteiger partial charge in [0.2, 0.25) is 5.89 Å². The summed E-state index contributed by atoms with van der Waals surface area (Å²) in [6.07, 6.45) is 2.85. The molecule has 1 aromatic carbocycles. The summed E-state index contributed by atoms with van der Waals surface area (Å²) in [7, 11) is 0. The van der Waals surface area contributed by atoms with Crippen LogP contribution in [0.4, 0.5) is 17.6 Å². The Bertz CT molecular complexity index is 953. The molecule has 0 saturated carbocycles. The van der Waals surface area contributed by atoms with E-state index >= 15 is 0 Å². The molecule has 2 aromatic rings. The molecule has 0 spiro atoms. The van der Waals surface area contributed by atoms with Crippen LogP contribution in [-0.2, 0) is 6.42 Å². The van der Waals surface area contributed by atoms with Crippen LogP contribution in [0.2, 0.25) is 0 Å². The highest BCUT2D eigenvalue weighted by atomic mass is 19.4. The molecular weight excluding hydrogens is 398 g/mol. The monoisotopic (exact) mass is 421 g/mol. The summed E-state index contributed by atoms with van der Waals surface area (Å²) in [4.78, 5) is 4.45. The van der Waals surface area contributed by atoms with E-state index in [4.69, 9.17) is 9.15 Å². The molecule has 1 unspecified atom stereocenters. The van der Waals surface area contributed by atoms with Crippen LogP contribution in [-0.4, -0.2) is 11.2 Å². The maximum atomic E-state index is 13.3. The predicted molar refractivity (Wildman–Crippen MR) is 106 cm³/mol. The van der Waals surface area contributed by atoms with Gasteiger partial charge in [-0.3, -0.25) is 0 Å². The van der Waals surface area contributed by atoms with Crippen LogP contribution >= 0.6 is 0 Å². The summed E-state index contributed by atoms with van der Waals surface area (Å²) in [6, 6.07) is 5.65. The van der Waals surface area contributed by atoms with Crippen LogP contribution in [0.25, 0.3) is 5.57 Å². The third-order valence-electron chi connectivity index (χ3n) is 4.65. The van der Waals surface area contributed by atoms with E-state index in [-0.39, 0.29) is 23.7 Å². The number of ether oxygens (including phenoxy) is 1. The second-order valence-electron chi connectivity index (χ2n) is 6.95. The fourth-order valence-corrected chi connectivity index (χ4v) is 3.30. The van der Waals surface area contributed by atoms with Crippen molar-refractivity contribution in [3.05, 3.63) is 77.3 Å². The van der Waals surface area contributed by atoms with Crippen molar-refractivity contribution in [1.29, 1.82) is 0 Å². The molecule has 1 aromatic heterocycles. The first-order valence-electron chi connectivity index (χ1n) is 9.85. The van der Waals surface area contributed by atoms with Crippen LogP contribution in [0, 0.1) is 5.82 Å². The molecule has 1 aliphatic carbocycles.